The van der Waals surface area contributed by atoms with Gasteiger partial charge in [-0.2, -0.15) is 0 Å². The van der Waals surface area contributed by atoms with Crippen LogP contribution in [0.3, 0.4) is 0 Å². The van der Waals surface area contributed by atoms with Crippen LogP contribution in [0.5, 0.6) is 0 Å². The van der Waals surface area contributed by atoms with Crippen molar-refractivity contribution in [2.24, 2.45) is 0 Å². The molecular weight excluding hydrogens is 1060 g/mol. The number of aliphatic hydroxyl groups excluding tert-OH is 14. The van der Waals surface area contributed by atoms with E-state index in [2.05, 4.69) is 25.8 Å². The van der Waals surface area contributed by atoms with E-state index in [1.54, 1.807) is 20.9 Å². The first-order chi connectivity index (χ1) is 38.1. The Morgan fingerprint density at radius 1 is 0.438 bits per heavy atom. The van der Waals surface area contributed by atoms with Crippen LogP contribution in [0.4, 0.5) is 0 Å². The van der Waals surface area contributed by atoms with Gasteiger partial charge in [-0.3, -0.25) is 14.4 Å². The third-order valence-electron chi connectivity index (χ3n) is 14.9. The Morgan fingerprint density at radius 3 is 1.20 bits per heavy atom. The molecule has 4 heterocycles. The van der Waals surface area contributed by atoms with Crippen LogP contribution in [-0.2, 0) is 42.8 Å². The second-order valence-corrected chi connectivity index (χ2v) is 21.2. The molecular formula is C52H99N5O23. The number of rotatable bonds is 35. The van der Waals surface area contributed by atoms with Crippen molar-refractivity contribution in [3.8, 4) is 0 Å². The van der Waals surface area contributed by atoms with Crippen molar-refractivity contribution >= 4 is 17.6 Å². The molecule has 0 radical (unpaired) electrons. The van der Waals surface area contributed by atoms with Gasteiger partial charge in [0.2, 0.25) is 11.8 Å². The molecule has 0 saturated carbocycles. The van der Waals surface area contributed by atoms with Crippen LogP contribution in [0.15, 0.2) is 0 Å². The van der Waals surface area contributed by atoms with Gasteiger partial charge in [-0.15, -0.1) is 0 Å². The van der Waals surface area contributed by atoms with E-state index in [9.17, 15) is 85.9 Å². The highest BCUT2D eigenvalue weighted by Gasteiger charge is 2.46. The number of aliphatic hydroxyl groups is 14. The maximum atomic E-state index is 12.0. The van der Waals surface area contributed by atoms with Gasteiger partial charge < -0.3 is 126 Å². The molecule has 4 aliphatic rings. The van der Waals surface area contributed by atoms with Gasteiger partial charge in [-0.1, -0.05) is 12.8 Å². The molecule has 470 valence electrons. The van der Waals surface area contributed by atoms with Crippen LogP contribution >= 0.6 is 0 Å². The van der Waals surface area contributed by atoms with Crippen molar-refractivity contribution in [1.82, 2.24) is 25.8 Å². The number of ketones is 1. The minimum atomic E-state index is -1.53. The van der Waals surface area contributed by atoms with Gasteiger partial charge in [0.05, 0.1) is 63.9 Å². The molecule has 0 aliphatic carbocycles. The lowest BCUT2D eigenvalue weighted by Crippen LogP contribution is -2.59. The summed E-state index contributed by atoms with van der Waals surface area (Å²) < 4.78 is 33.4. The zero-order valence-electron chi connectivity index (χ0n) is 47.1. The van der Waals surface area contributed by atoms with Gasteiger partial charge in [-0.05, 0) is 105 Å². The summed E-state index contributed by atoms with van der Waals surface area (Å²) >= 11 is 0. The molecule has 0 aromatic heterocycles. The zero-order chi connectivity index (χ0) is 59.5. The van der Waals surface area contributed by atoms with Gasteiger partial charge in [0.25, 0.3) is 0 Å². The van der Waals surface area contributed by atoms with Crippen molar-refractivity contribution in [3.63, 3.8) is 0 Å². The van der Waals surface area contributed by atoms with Crippen LogP contribution in [0, 0.1) is 0 Å². The SMILES string of the molecule is CCNC(=O)CCCCCN(CCC[C@@H]1O[C@@H](C)[C@@H](O)[C@@H](O)[C@@H]1O)CCO[C@H]1O[C@H](CO)[C@@H](O)[C@H](O)[C@@H]1O.CNCC(=O)CNC(=O)CCCCCN(CCC[C@@H]1O[C@@H](C)[C@@H](O)[C@@H](O)[C@@H]1O)CCO[C@H]1O[C@H](CO)[C@@H](O)[C@H](O)[C@@H]1O. The minimum Gasteiger partial charge on any atom is -0.394 e. The molecule has 28 nitrogen and oxygen atoms in total. The van der Waals surface area contributed by atoms with Gasteiger partial charge in [-0.25, -0.2) is 0 Å². The lowest BCUT2D eigenvalue weighted by Gasteiger charge is -2.40. The van der Waals surface area contributed by atoms with Crippen LogP contribution in [-0.4, -0.2) is 314 Å². The number of unbranched alkanes of at least 4 members (excludes halogenated alkanes) is 4. The average Bonchev–Trinajstić information content (AvgIpc) is 3.50. The molecule has 28 heteroatoms. The Morgan fingerprint density at radius 2 is 0.812 bits per heavy atom. The highest BCUT2D eigenvalue weighted by atomic mass is 16.7. The Balaban J connectivity index is 0.000000422. The molecule has 4 fully saturated rings. The molecule has 4 saturated heterocycles. The fourth-order valence-electron chi connectivity index (χ4n) is 9.89. The molecule has 0 aromatic carbocycles. The molecule has 0 spiro atoms. The second kappa shape index (κ2) is 38.6. The standard InChI is InChI=1S/C27H51N3O12.C25H48N2O11/c1-16-21(34)24(37)22(35)18(41-16)7-6-10-30(9-5-3-4-8-20(33)29-14-17(32)13-28-2)11-12-40-27-26(39)25(38)23(36)19(15-31)42-27;1-3-26-18(29)9-5-4-6-10-27(11-7-8-16-20(31)22(33)19(30)15(2)37-16)12-13-36-25-24(35)23(34)21(32)17(14-28)38-25/h16,18-19,21-28,31,34-39H,3-15H2,1-2H3,(H,29,33);15-17,19-25,28,30-35H,3-14H2,1-2H3,(H,26,29)/t16-,18-,19+,21+,22+,23+,24+,25-,26-,27-;15-,16-,17+,19+,20+,21+,22+,23-,24-,25-/m00/s1. The summed E-state index contributed by atoms with van der Waals surface area (Å²) in [7, 11) is 1.66. The number of hydrogen-bond acceptors (Lipinski definition) is 26. The van der Waals surface area contributed by atoms with Crippen molar-refractivity contribution in [2.75, 3.05) is 92.4 Å². The molecule has 17 N–H and O–H groups in total. The number of nitrogens with one attached hydrogen (secondary N) is 3. The van der Waals surface area contributed by atoms with Crippen LogP contribution in [0.2, 0.25) is 0 Å². The predicted molar refractivity (Wildman–Crippen MR) is 283 cm³/mol. The minimum absolute atomic E-state index is 0.00390. The zero-order valence-corrected chi connectivity index (χ0v) is 47.1. The number of likely N-dealkylation sites (N-methyl/N-ethyl adjacent to an activating group) is 1. The Hall–Kier alpha value is -2.31. The molecule has 20 atom stereocenters. The number of carbonyl (C=O) groups excluding carboxylic acids is 3. The number of ether oxygens (including phenoxy) is 6. The van der Waals surface area contributed by atoms with E-state index in [-0.39, 0.29) is 43.9 Å². The third-order valence-corrected chi connectivity index (χ3v) is 14.9. The van der Waals surface area contributed by atoms with Crippen molar-refractivity contribution in [1.29, 1.82) is 0 Å². The Labute approximate surface area is 469 Å². The van der Waals surface area contributed by atoms with E-state index in [4.69, 9.17) is 28.4 Å². The van der Waals surface area contributed by atoms with Crippen LogP contribution in [0.1, 0.15) is 97.8 Å². The fourth-order valence-corrected chi connectivity index (χ4v) is 9.89. The molecule has 2 amide bonds. The number of amides is 2. The monoisotopic (exact) mass is 1160 g/mol. The lowest BCUT2D eigenvalue weighted by atomic mass is 9.93. The van der Waals surface area contributed by atoms with Gasteiger partial charge in [0.15, 0.2) is 18.4 Å². The van der Waals surface area contributed by atoms with E-state index in [0.29, 0.717) is 90.8 Å². The first-order valence-electron chi connectivity index (χ1n) is 28.5. The number of nitrogens with zero attached hydrogens (tertiary/aromatic N) is 2. The van der Waals surface area contributed by atoms with Crippen molar-refractivity contribution < 1.29 is 114 Å². The van der Waals surface area contributed by atoms with E-state index in [0.717, 1.165) is 32.1 Å². The summed E-state index contributed by atoms with van der Waals surface area (Å²) in [5.41, 5.74) is 0. The quantitative estimate of drug-likeness (QED) is 0.0263. The summed E-state index contributed by atoms with van der Waals surface area (Å²) in [5, 5.41) is 148. The number of Topliss-reactive ketones (excluding diaryl/α,β-unsaturated/α-hetero) is 1. The molecule has 4 aliphatic heterocycles. The maximum Gasteiger partial charge on any atom is 0.220 e. The summed E-state index contributed by atoms with van der Waals surface area (Å²) in [6.07, 6.45) is -15.7. The van der Waals surface area contributed by atoms with E-state index >= 15 is 0 Å². The normalized spacial score (nSPS) is 34.7. The van der Waals surface area contributed by atoms with Gasteiger partial charge in [0, 0.05) is 32.5 Å². The van der Waals surface area contributed by atoms with Crippen LogP contribution < -0.4 is 16.0 Å². The number of hydrogen-bond donors (Lipinski definition) is 17. The Kier molecular flexibility index (Phi) is 34.7. The fraction of sp³-hybridized carbons (Fsp3) is 0.942. The van der Waals surface area contributed by atoms with E-state index in [1.165, 1.54) is 0 Å². The smallest absolute Gasteiger partial charge is 0.220 e. The largest absolute Gasteiger partial charge is 0.394 e. The molecule has 0 aromatic rings. The first kappa shape index (κ1) is 72.0. The van der Waals surface area contributed by atoms with Gasteiger partial charge >= 0.3 is 0 Å². The highest BCUT2D eigenvalue weighted by molar-refractivity contribution is 5.87. The van der Waals surface area contributed by atoms with E-state index < -0.39 is 136 Å². The highest BCUT2D eigenvalue weighted by Crippen LogP contribution is 2.27. The van der Waals surface area contributed by atoms with Gasteiger partial charge in [0.1, 0.15) is 85.5 Å². The summed E-state index contributed by atoms with van der Waals surface area (Å²) in [6.45, 7) is 8.54. The first-order valence-corrected chi connectivity index (χ1v) is 28.5. The maximum absolute atomic E-state index is 12.0. The van der Waals surface area contributed by atoms with Crippen molar-refractivity contribution in [3.05, 3.63) is 0 Å². The third kappa shape index (κ3) is 24.0. The summed E-state index contributed by atoms with van der Waals surface area (Å²) in [4.78, 5) is 39.4. The Bertz CT molecular complexity index is 1700. The summed E-state index contributed by atoms with van der Waals surface area (Å²) in [6, 6.07) is 0. The molecule has 4 rings (SSSR count). The topological polar surface area (TPSA) is 432 Å². The van der Waals surface area contributed by atoms with Crippen LogP contribution in [0.25, 0.3) is 0 Å². The second-order valence-electron chi connectivity index (χ2n) is 21.2. The lowest BCUT2D eigenvalue weighted by molar-refractivity contribution is -0.301. The average molecular weight is 1160 g/mol. The van der Waals surface area contributed by atoms with Crippen molar-refractivity contribution in [2.45, 2.75) is 220 Å². The summed E-state index contributed by atoms with van der Waals surface area (Å²) in [5.74, 6) is -0.250. The molecule has 0 unspecified atom stereocenters. The number of carbonyl (C=O) groups is 3. The van der Waals surface area contributed by atoms with E-state index in [1.807, 2.05) is 6.92 Å². The predicted octanol–water partition coefficient (Wildman–Crippen LogP) is -6.33. The molecule has 80 heavy (non-hydrogen) atoms. The molecule has 0 bridgehead atoms.